The second-order valence-corrected chi connectivity index (χ2v) is 5.20. The van der Waals surface area contributed by atoms with Crippen molar-refractivity contribution in [3.8, 4) is 0 Å². The lowest BCUT2D eigenvalue weighted by Crippen LogP contribution is -2.27. The van der Waals surface area contributed by atoms with Crippen molar-refractivity contribution in [3.63, 3.8) is 0 Å². The van der Waals surface area contributed by atoms with Crippen molar-refractivity contribution in [1.29, 1.82) is 0 Å². The number of aromatic nitrogens is 2. The van der Waals surface area contributed by atoms with Gasteiger partial charge < -0.3 is 10.6 Å². The highest BCUT2D eigenvalue weighted by Crippen LogP contribution is 2.33. The Morgan fingerprint density at radius 2 is 2.15 bits per heavy atom. The molecule has 0 aliphatic heterocycles. The van der Waals surface area contributed by atoms with Crippen LogP contribution >= 0.6 is 0 Å². The molecule has 1 aliphatic rings. The summed E-state index contributed by atoms with van der Waals surface area (Å²) in [6.45, 7) is 2.27. The van der Waals surface area contributed by atoms with Crippen LogP contribution in [0.2, 0.25) is 0 Å². The first-order valence-electron chi connectivity index (χ1n) is 6.73. The van der Waals surface area contributed by atoms with E-state index in [1.165, 1.54) is 6.33 Å². The van der Waals surface area contributed by atoms with Crippen LogP contribution in [0.3, 0.4) is 0 Å². The summed E-state index contributed by atoms with van der Waals surface area (Å²) in [5.41, 5.74) is 7.97. The monoisotopic (exact) mass is 272 g/mol. The van der Waals surface area contributed by atoms with Crippen molar-refractivity contribution in [2.24, 2.45) is 0 Å². The summed E-state index contributed by atoms with van der Waals surface area (Å²) < 4.78 is 14.2. The summed E-state index contributed by atoms with van der Waals surface area (Å²) in [5, 5.41) is 0. The molecule has 2 aromatic rings. The van der Waals surface area contributed by atoms with Crippen molar-refractivity contribution in [1.82, 2.24) is 9.97 Å². The quantitative estimate of drug-likeness (QED) is 0.869. The standard InChI is InChI=1S/C15H17FN4/c1-10-14(16)15(19-9-18-10)20(13-5-6-13)8-11-3-2-4-12(17)7-11/h2-4,7,9,13H,5-6,8,17H2,1H3. The number of anilines is 2. The minimum absolute atomic E-state index is 0.330. The van der Waals surface area contributed by atoms with Gasteiger partial charge in [0.15, 0.2) is 11.6 Å². The first-order chi connectivity index (χ1) is 9.65. The van der Waals surface area contributed by atoms with Gasteiger partial charge in [0.2, 0.25) is 0 Å². The molecule has 0 amide bonds. The molecule has 1 aliphatic carbocycles. The molecule has 20 heavy (non-hydrogen) atoms. The summed E-state index contributed by atoms with van der Waals surface area (Å²) >= 11 is 0. The molecule has 0 atom stereocenters. The maximum absolute atomic E-state index is 14.2. The third kappa shape index (κ3) is 2.57. The fourth-order valence-electron chi connectivity index (χ4n) is 2.30. The molecule has 3 rings (SSSR count). The third-order valence-corrected chi connectivity index (χ3v) is 3.51. The Bertz CT molecular complexity index is 625. The lowest BCUT2D eigenvalue weighted by molar-refractivity contribution is 0.587. The van der Waals surface area contributed by atoms with Gasteiger partial charge in [-0.25, -0.2) is 14.4 Å². The van der Waals surface area contributed by atoms with Gasteiger partial charge in [-0.3, -0.25) is 0 Å². The first kappa shape index (κ1) is 12.8. The van der Waals surface area contributed by atoms with E-state index in [1.54, 1.807) is 6.92 Å². The molecule has 1 aromatic carbocycles. The van der Waals surface area contributed by atoms with Crippen LogP contribution in [-0.2, 0) is 6.54 Å². The number of rotatable bonds is 4. The summed E-state index contributed by atoms with van der Waals surface area (Å²) in [6, 6.07) is 8.04. The van der Waals surface area contributed by atoms with Gasteiger partial charge in [0.05, 0.1) is 5.69 Å². The van der Waals surface area contributed by atoms with E-state index >= 15 is 0 Å². The molecular weight excluding hydrogens is 255 g/mol. The van der Waals surface area contributed by atoms with Gasteiger partial charge in [-0.2, -0.15) is 0 Å². The van der Waals surface area contributed by atoms with Crippen LogP contribution in [-0.4, -0.2) is 16.0 Å². The number of hydrogen-bond donors (Lipinski definition) is 1. The molecule has 0 unspecified atom stereocenters. The minimum Gasteiger partial charge on any atom is -0.399 e. The van der Waals surface area contributed by atoms with E-state index in [4.69, 9.17) is 5.73 Å². The molecule has 1 saturated carbocycles. The van der Waals surface area contributed by atoms with Crippen molar-refractivity contribution in [2.45, 2.75) is 32.4 Å². The highest BCUT2D eigenvalue weighted by Gasteiger charge is 2.32. The van der Waals surface area contributed by atoms with Gasteiger partial charge in [0.25, 0.3) is 0 Å². The Morgan fingerprint density at radius 1 is 1.35 bits per heavy atom. The van der Waals surface area contributed by atoms with Crippen LogP contribution < -0.4 is 10.6 Å². The molecule has 4 nitrogen and oxygen atoms in total. The maximum atomic E-state index is 14.2. The normalized spacial score (nSPS) is 14.3. The smallest absolute Gasteiger partial charge is 0.186 e. The molecule has 104 valence electrons. The fraction of sp³-hybridized carbons (Fsp3) is 0.333. The van der Waals surface area contributed by atoms with Crippen LogP contribution in [0.5, 0.6) is 0 Å². The van der Waals surface area contributed by atoms with E-state index < -0.39 is 0 Å². The number of hydrogen-bond acceptors (Lipinski definition) is 4. The Morgan fingerprint density at radius 3 is 2.85 bits per heavy atom. The Hall–Kier alpha value is -2.17. The molecule has 0 radical (unpaired) electrons. The third-order valence-electron chi connectivity index (χ3n) is 3.51. The van der Waals surface area contributed by atoms with E-state index in [-0.39, 0.29) is 5.82 Å². The number of benzene rings is 1. The molecule has 2 N–H and O–H groups in total. The van der Waals surface area contributed by atoms with E-state index in [2.05, 4.69) is 9.97 Å². The second kappa shape index (κ2) is 5.07. The van der Waals surface area contributed by atoms with Crippen LogP contribution in [0.15, 0.2) is 30.6 Å². The van der Waals surface area contributed by atoms with Crippen molar-refractivity contribution in [2.75, 3.05) is 10.6 Å². The molecule has 1 heterocycles. The van der Waals surface area contributed by atoms with Crippen molar-refractivity contribution < 1.29 is 4.39 Å². The average molecular weight is 272 g/mol. The van der Waals surface area contributed by atoms with E-state index in [0.717, 1.165) is 24.1 Å². The summed E-state index contributed by atoms with van der Waals surface area (Å²) in [5.74, 6) is 0.0609. The second-order valence-electron chi connectivity index (χ2n) is 5.20. The molecule has 0 spiro atoms. The number of aryl methyl sites for hydroxylation is 1. The molecular formula is C15H17FN4. The zero-order valence-electron chi connectivity index (χ0n) is 11.4. The highest BCUT2D eigenvalue weighted by molar-refractivity contribution is 5.47. The van der Waals surface area contributed by atoms with Crippen LogP contribution in [0.4, 0.5) is 15.9 Å². The van der Waals surface area contributed by atoms with Crippen LogP contribution in [0, 0.1) is 12.7 Å². The predicted molar refractivity (Wildman–Crippen MR) is 76.8 cm³/mol. The zero-order valence-corrected chi connectivity index (χ0v) is 11.4. The van der Waals surface area contributed by atoms with Gasteiger partial charge in [0.1, 0.15) is 6.33 Å². The summed E-state index contributed by atoms with van der Waals surface area (Å²) in [4.78, 5) is 10.0. The zero-order chi connectivity index (χ0) is 14.1. The van der Waals surface area contributed by atoms with E-state index in [9.17, 15) is 4.39 Å². The SMILES string of the molecule is Cc1ncnc(N(Cc2cccc(N)c2)C2CC2)c1F. The summed E-state index contributed by atoms with van der Waals surface area (Å²) in [7, 11) is 0. The Labute approximate surface area is 117 Å². The van der Waals surface area contributed by atoms with Gasteiger partial charge in [-0.15, -0.1) is 0 Å². The molecule has 1 fully saturated rings. The number of nitrogen functional groups attached to an aromatic ring is 1. The molecule has 0 saturated heterocycles. The van der Waals surface area contributed by atoms with Crippen LogP contribution in [0.25, 0.3) is 0 Å². The topological polar surface area (TPSA) is 55.0 Å². The number of halogens is 1. The predicted octanol–water partition coefficient (Wildman–Crippen LogP) is 2.68. The molecule has 0 bridgehead atoms. The van der Waals surface area contributed by atoms with Gasteiger partial charge >= 0.3 is 0 Å². The Balaban J connectivity index is 1.91. The number of nitrogens with zero attached hydrogens (tertiary/aromatic N) is 3. The molecule has 1 aromatic heterocycles. The van der Waals surface area contributed by atoms with Crippen molar-refractivity contribution in [3.05, 3.63) is 47.7 Å². The maximum Gasteiger partial charge on any atom is 0.186 e. The summed E-state index contributed by atoms with van der Waals surface area (Å²) in [6.07, 6.45) is 3.57. The number of nitrogens with two attached hydrogens (primary N) is 1. The van der Waals surface area contributed by atoms with Gasteiger partial charge in [-0.05, 0) is 37.5 Å². The lowest BCUT2D eigenvalue weighted by Gasteiger charge is -2.24. The van der Waals surface area contributed by atoms with E-state index in [1.807, 2.05) is 29.2 Å². The lowest BCUT2D eigenvalue weighted by atomic mass is 10.2. The minimum atomic E-state index is -0.330. The van der Waals surface area contributed by atoms with Gasteiger partial charge in [-0.1, -0.05) is 12.1 Å². The van der Waals surface area contributed by atoms with Crippen molar-refractivity contribution >= 4 is 11.5 Å². The Kier molecular flexibility index (Phi) is 3.26. The van der Waals surface area contributed by atoms with Gasteiger partial charge in [0, 0.05) is 18.3 Å². The fourth-order valence-corrected chi connectivity index (χ4v) is 2.30. The largest absolute Gasteiger partial charge is 0.399 e. The molecule has 5 heteroatoms. The highest BCUT2D eigenvalue weighted by atomic mass is 19.1. The van der Waals surface area contributed by atoms with E-state index in [0.29, 0.717) is 24.1 Å². The average Bonchev–Trinajstić information content (AvgIpc) is 3.24. The first-order valence-corrected chi connectivity index (χ1v) is 6.73. The van der Waals surface area contributed by atoms with Crippen LogP contribution in [0.1, 0.15) is 24.1 Å².